The number of aliphatic hydroxyl groups excluding tert-OH is 1. The van der Waals surface area contributed by atoms with E-state index < -0.39 is 0 Å². The molecule has 1 N–H and O–H groups in total. The molecule has 0 rings (SSSR count). The molecular formula is C16H32O. The van der Waals surface area contributed by atoms with E-state index in [1.165, 1.54) is 32.1 Å². The smallest absolute Gasteiger partial charge is 0.0431 e. The second-order valence-corrected chi connectivity index (χ2v) is 4.12. The first-order chi connectivity index (χ1) is 8.22. The summed E-state index contributed by atoms with van der Waals surface area (Å²) >= 11 is 0. The summed E-state index contributed by atoms with van der Waals surface area (Å²) in [6.45, 7) is 9.04. The van der Waals surface area contributed by atoms with Gasteiger partial charge in [-0.25, -0.2) is 0 Å². The summed E-state index contributed by atoms with van der Waals surface area (Å²) in [4.78, 5) is 0. The maximum atomic E-state index is 8.48. The monoisotopic (exact) mass is 240 g/mol. The van der Waals surface area contributed by atoms with Gasteiger partial charge in [-0.05, 0) is 32.1 Å². The van der Waals surface area contributed by atoms with E-state index in [0.717, 1.165) is 12.3 Å². The Hall–Kier alpha value is -0.740. The highest BCUT2D eigenvalue weighted by Gasteiger charge is 1.97. The van der Waals surface area contributed by atoms with Crippen LogP contribution in [0.15, 0.2) is 12.2 Å². The van der Waals surface area contributed by atoms with Gasteiger partial charge < -0.3 is 5.11 Å². The molecule has 0 aliphatic rings. The largest absolute Gasteiger partial charge is 0.396 e. The number of allylic oxidation sites excluding steroid dienone is 2. The van der Waals surface area contributed by atoms with Crippen LogP contribution in [0.4, 0.5) is 0 Å². The van der Waals surface area contributed by atoms with Crippen LogP contribution in [0.25, 0.3) is 0 Å². The third-order valence-corrected chi connectivity index (χ3v) is 2.33. The number of hydrogen-bond donors (Lipinski definition) is 1. The van der Waals surface area contributed by atoms with E-state index in [1.54, 1.807) is 0 Å². The highest BCUT2D eigenvalue weighted by molar-refractivity contribution is 4.75. The van der Waals surface area contributed by atoms with Gasteiger partial charge in [0.25, 0.3) is 0 Å². The number of unbranched alkanes of at least 4 members (excludes halogenated alkanes) is 1. The Balaban J connectivity index is -0.000000213. The number of terminal acetylenes is 1. The maximum absolute atomic E-state index is 8.48. The van der Waals surface area contributed by atoms with Gasteiger partial charge in [-0.15, -0.1) is 12.8 Å². The van der Waals surface area contributed by atoms with Crippen LogP contribution < -0.4 is 0 Å². The summed E-state index contributed by atoms with van der Waals surface area (Å²) in [6, 6.07) is 0. The van der Waals surface area contributed by atoms with Crippen LogP contribution in [0.5, 0.6) is 0 Å². The van der Waals surface area contributed by atoms with Crippen molar-refractivity contribution >= 4 is 0 Å². The van der Waals surface area contributed by atoms with Crippen molar-refractivity contribution in [3.05, 3.63) is 12.2 Å². The summed E-state index contributed by atoms with van der Waals surface area (Å²) in [7, 11) is 0. The van der Waals surface area contributed by atoms with E-state index >= 15 is 0 Å². The zero-order chi connectivity index (χ0) is 13.9. The number of aliphatic hydroxyl groups is 1. The minimum atomic E-state index is 0.355. The van der Waals surface area contributed by atoms with Crippen molar-refractivity contribution in [3.8, 4) is 12.8 Å². The number of hydrogen-bond acceptors (Lipinski definition) is 1. The molecular weight excluding hydrogens is 208 g/mol. The quantitative estimate of drug-likeness (QED) is 0.500. The lowest BCUT2D eigenvalue weighted by atomic mass is 10.0. The summed E-state index contributed by atoms with van der Waals surface area (Å²) in [5.74, 6) is 0.808. The lowest BCUT2D eigenvalue weighted by molar-refractivity contribution is 0.271. The third kappa shape index (κ3) is 31.3. The molecule has 102 valence electrons. The van der Waals surface area contributed by atoms with Crippen LogP contribution >= 0.6 is 0 Å². The fraction of sp³-hybridized carbons (Fsp3) is 0.750. The van der Waals surface area contributed by atoms with E-state index in [-0.39, 0.29) is 0 Å². The summed E-state index contributed by atoms with van der Waals surface area (Å²) < 4.78 is 0. The molecule has 0 aromatic carbocycles. The molecule has 17 heavy (non-hydrogen) atoms. The van der Waals surface area contributed by atoms with Crippen molar-refractivity contribution in [2.75, 3.05) is 6.61 Å². The predicted octanol–water partition coefficient (Wildman–Crippen LogP) is 4.81. The lowest BCUT2D eigenvalue weighted by Crippen LogP contribution is -1.95. The van der Waals surface area contributed by atoms with Crippen LogP contribution in [0.3, 0.4) is 0 Å². The highest BCUT2D eigenvalue weighted by Crippen LogP contribution is 2.10. The first-order valence-corrected chi connectivity index (χ1v) is 6.78. The first-order valence-electron chi connectivity index (χ1n) is 6.78. The Labute approximate surface area is 109 Å². The summed E-state index contributed by atoms with van der Waals surface area (Å²) in [6.07, 6.45) is 19.5. The topological polar surface area (TPSA) is 20.2 Å². The Morgan fingerprint density at radius 2 is 1.71 bits per heavy atom. The SMILES string of the molecule is C#C.C/C=C\CCC.CCCC(C)CCCO. The molecule has 1 nitrogen and oxygen atoms in total. The Morgan fingerprint density at radius 1 is 1.12 bits per heavy atom. The normalized spacial score (nSPS) is 11.0. The van der Waals surface area contributed by atoms with E-state index in [1.807, 2.05) is 0 Å². The Kier molecular flexibility index (Phi) is 31.0. The van der Waals surface area contributed by atoms with Crippen molar-refractivity contribution < 1.29 is 5.11 Å². The van der Waals surface area contributed by atoms with Crippen molar-refractivity contribution in [2.45, 2.75) is 66.2 Å². The van der Waals surface area contributed by atoms with Crippen LogP contribution in [0, 0.1) is 18.8 Å². The maximum Gasteiger partial charge on any atom is 0.0431 e. The summed E-state index contributed by atoms with van der Waals surface area (Å²) in [5.41, 5.74) is 0. The average Bonchev–Trinajstić information content (AvgIpc) is 2.37. The van der Waals surface area contributed by atoms with Crippen LogP contribution in [0.1, 0.15) is 66.2 Å². The zero-order valence-corrected chi connectivity index (χ0v) is 12.3. The molecule has 0 aliphatic carbocycles. The van der Waals surface area contributed by atoms with Crippen molar-refractivity contribution in [2.24, 2.45) is 5.92 Å². The molecule has 0 spiro atoms. The molecule has 0 fully saturated rings. The molecule has 0 amide bonds. The van der Waals surface area contributed by atoms with Crippen molar-refractivity contribution in [1.29, 1.82) is 0 Å². The molecule has 0 radical (unpaired) electrons. The Bertz CT molecular complexity index is 147. The fourth-order valence-electron chi connectivity index (χ4n) is 1.41. The van der Waals surface area contributed by atoms with Crippen LogP contribution in [-0.4, -0.2) is 11.7 Å². The Morgan fingerprint density at radius 3 is 2.00 bits per heavy atom. The van der Waals surface area contributed by atoms with Crippen LogP contribution in [0.2, 0.25) is 0 Å². The molecule has 0 aromatic heterocycles. The van der Waals surface area contributed by atoms with Gasteiger partial charge in [0.1, 0.15) is 0 Å². The molecule has 0 aromatic rings. The second kappa shape index (κ2) is 24.5. The van der Waals surface area contributed by atoms with Gasteiger partial charge in [0.15, 0.2) is 0 Å². The molecule has 0 bridgehead atoms. The number of rotatable bonds is 7. The minimum Gasteiger partial charge on any atom is -0.396 e. The van der Waals surface area contributed by atoms with Gasteiger partial charge in [-0.3, -0.25) is 0 Å². The van der Waals surface area contributed by atoms with Gasteiger partial charge in [-0.2, -0.15) is 0 Å². The average molecular weight is 240 g/mol. The van der Waals surface area contributed by atoms with E-state index in [9.17, 15) is 0 Å². The van der Waals surface area contributed by atoms with Crippen molar-refractivity contribution in [1.82, 2.24) is 0 Å². The lowest BCUT2D eigenvalue weighted by Gasteiger charge is -2.06. The molecule has 0 saturated carbocycles. The van der Waals surface area contributed by atoms with E-state index in [4.69, 9.17) is 5.11 Å². The molecule has 1 unspecified atom stereocenters. The minimum absolute atomic E-state index is 0.355. The molecule has 1 heteroatoms. The van der Waals surface area contributed by atoms with Crippen LogP contribution in [-0.2, 0) is 0 Å². The summed E-state index contributed by atoms with van der Waals surface area (Å²) in [5, 5.41) is 8.48. The standard InChI is InChI=1S/C8H18O.C6H12.C2H2/c1-3-5-8(2)6-4-7-9;1-3-5-6-4-2;1-2/h8-9H,3-7H2,1-2H3;3,5H,4,6H2,1-2H3;1-2H/b;5-3-;. The van der Waals surface area contributed by atoms with Gasteiger partial charge in [-0.1, -0.05) is 52.2 Å². The fourth-order valence-corrected chi connectivity index (χ4v) is 1.41. The zero-order valence-electron chi connectivity index (χ0n) is 12.3. The van der Waals surface area contributed by atoms with Gasteiger partial charge >= 0.3 is 0 Å². The third-order valence-electron chi connectivity index (χ3n) is 2.33. The molecule has 0 saturated heterocycles. The van der Waals surface area contributed by atoms with Gasteiger partial charge in [0.05, 0.1) is 0 Å². The molecule has 1 atom stereocenters. The predicted molar refractivity (Wildman–Crippen MR) is 80.0 cm³/mol. The van der Waals surface area contributed by atoms with Gasteiger partial charge in [0, 0.05) is 6.61 Å². The first kappa shape index (κ1) is 21.5. The molecule has 0 heterocycles. The van der Waals surface area contributed by atoms with E-state index in [0.29, 0.717) is 6.61 Å². The van der Waals surface area contributed by atoms with Crippen molar-refractivity contribution in [3.63, 3.8) is 0 Å². The highest BCUT2D eigenvalue weighted by atomic mass is 16.2. The van der Waals surface area contributed by atoms with E-state index in [2.05, 4.69) is 52.7 Å². The molecule has 0 aliphatic heterocycles. The second-order valence-electron chi connectivity index (χ2n) is 4.12. The van der Waals surface area contributed by atoms with Gasteiger partial charge in [0.2, 0.25) is 0 Å².